The first-order valence-electron chi connectivity index (χ1n) is 12.3. The van der Waals surface area contributed by atoms with Crippen molar-refractivity contribution in [1.82, 2.24) is 0 Å². The number of hydrogen-bond donors (Lipinski definition) is 0. The molecular weight excluding hydrogens is 516 g/mol. The average Bonchev–Trinajstić information content (AvgIpc) is 3.55. The summed E-state index contributed by atoms with van der Waals surface area (Å²) in [5.41, 5.74) is -2.27. The van der Waals surface area contributed by atoms with Gasteiger partial charge in [0.05, 0.1) is 17.8 Å². The van der Waals surface area contributed by atoms with Gasteiger partial charge in [0.25, 0.3) is 0 Å². The Morgan fingerprint density at radius 3 is 1.69 bits per heavy atom. The molecule has 3 fully saturated rings. The molecule has 4 rings (SSSR count). The number of alkyl halides is 12. The number of halogens is 12. The van der Waals surface area contributed by atoms with Crippen molar-refractivity contribution in [2.45, 2.75) is 88.9 Å². The summed E-state index contributed by atoms with van der Waals surface area (Å²) < 4.78 is 168. The number of rotatable bonds is 2. The molecule has 208 valence electrons. The Bertz CT molecular complexity index is 822. The minimum atomic E-state index is -5.33. The van der Waals surface area contributed by atoms with Gasteiger partial charge in [-0.3, -0.25) is 0 Å². The predicted octanol–water partition coefficient (Wildman–Crippen LogP) is 9.42. The van der Waals surface area contributed by atoms with E-state index in [9.17, 15) is 52.7 Å². The minimum Gasteiger partial charge on any atom is -0.171 e. The summed E-state index contributed by atoms with van der Waals surface area (Å²) in [6.07, 6.45) is -23.1. The third-order valence-corrected chi connectivity index (χ3v) is 9.14. The van der Waals surface area contributed by atoms with Crippen LogP contribution in [0.25, 0.3) is 0 Å². The lowest BCUT2D eigenvalue weighted by Gasteiger charge is -2.40. The normalized spacial score (nSPS) is 38.1. The molecule has 0 N–H and O–H groups in total. The molecule has 4 aliphatic carbocycles. The van der Waals surface area contributed by atoms with E-state index in [-0.39, 0.29) is 25.3 Å². The summed E-state index contributed by atoms with van der Waals surface area (Å²) in [6.45, 7) is 0. The highest BCUT2D eigenvalue weighted by atomic mass is 19.4. The molecule has 0 aromatic rings. The molecule has 0 aromatic heterocycles. The standard InChI is InChI=1S/C24H28F12/c25-21(26,27)13-4-5-14(22(28,29)30)9-16(12-2-3-12)19(24(34,35)36)17(10-15(8-13)23(31,32)33)18-11-20(18)6-1-7-20/h8,12-14,16-19H,1-7,9-11H2/b15-8+. The van der Waals surface area contributed by atoms with E-state index in [4.69, 9.17) is 0 Å². The van der Waals surface area contributed by atoms with E-state index in [1.165, 1.54) is 0 Å². The van der Waals surface area contributed by atoms with E-state index in [1.807, 2.05) is 0 Å². The summed E-state index contributed by atoms with van der Waals surface area (Å²) in [6, 6.07) is 0. The van der Waals surface area contributed by atoms with Crippen molar-refractivity contribution in [1.29, 1.82) is 0 Å². The van der Waals surface area contributed by atoms with Gasteiger partial charge < -0.3 is 0 Å². The molecule has 3 saturated carbocycles. The van der Waals surface area contributed by atoms with Crippen LogP contribution in [-0.2, 0) is 0 Å². The van der Waals surface area contributed by atoms with Crippen molar-refractivity contribution in [2.24, 2.45) is 46.8 Å². The number of allylic oxidation sites excluding steroid dienone is 2. The van der Waals surface area contributed by atoms with Crippen LogP contribution in [0.1, 0.15) is 64.2 Å². The summed E-state index contributed by atoms with van der Waals surface area (Å²) in [4.78, 5) is 0. The van der Waals surface area contributed by atoms with Crippen LogP contribution in [0.2, 0.25) is 0 Å². The first-order chi connectivity index (χ1) is 16.3. The summed E-state index contributed by atoms with van der Waals surface area (Å²) >= 11 is 0. The zero-order valence-electron chi connectivity index (χ0n) is 19.2. The van der Waals surface area contributed by atoms with Gasteiger partial charge in [0.2, 0.25) is 0 Å². The van der Waals surface area contributed by atoms with E-state index in [0.29, 0.717) is 19.3 Å². The first-order valence-corrected chi connectivity index (χ1v) is 12.3. The lowest BCUT2D eigenvalue weighted by molar-refractivity contribution is -0.225. The van der Waals surface area contributed by atoms with E-state index in [1.54, 1.807) is 0 Å². The maximum atomic E-state index is 14.6. The lowest BCUT2D eigenvalue weighted by Crippen LogP contribution is -2.42. The highest BCUT2D eigenvalue weighted by Gasteiger charge is 2.66. The van der Waals surface area contributed by atoms with Crippen molar-refractivity contribution >= 4 is 0 Å². The fourth-order valence-electron chi connectivity index (χ4n) is 6.91. The molecule has 12 heteroatoms. The molecular formula is C24H28F12. The molecule has 1 spiro atoms. The fourth-order valence-corrected chi connectivity index (χ4v) is 6.91. The van der Waals surface area contributed by atoms with Gasteiger partial charge >= 0.3 is 24.7 Å². The second-order valence-corrected chi connectivity index (χ2v) is 11.4. The molecule has 6 atom stereocenters. The van der Waals surface area contributed by atoms with Crippen LogP contribution in [0.5, 0.6) is 0 Å². The molecule has 0 bridgehead atoms. The Hall–Kier alpha value is -1.10. The Morgan fingerprint density at radius 2 is 1.31 bits per heavy atom. The van der Waals surface area contributed by atoms with Gasteiger partial charge in [0.1, 0.15) is 0 Å². The summed E-state index contributed by atoms with van der Waals surface area (Å²) in [5, 5.41) is 0. The van der Waals surface area contributed by atoms with Crippen molar-refractivity contribution in [2.75, 3.05) is 0 Å². The van der Waals surface area contributed by atoms with Crippen molar-refractivity contribution in [3.63, 3.8) is 0 Å². The second-order valence-electron chi connectivity index (χ2n) is 11.4. The van der Waals surface area contributed by atoms with Gasteiger partial charge in [-0.2, -0.15) is 52.7 Å². The van der Waals surface area contributed by atoms with Crippen molar-refractivity contribution < 1.29 is 52.7 Å². The molecule has 0 nitrogen and oxygen atoms in total. The average molecular weight is 544 g/mol. The van der Waals surface area contributed by atoms with Gasteiger partial charge in [0.15, 0.2) is 0 Å². The Balaban J connectivity index is 1.85. The minimum absolute atomic E-state index is 0.138. The molecule has 0 aromatic carbocycles. The van der Waals surface area contributed by atoms with Crippen molar-refractivity contribution in [3.8, 4) is 0 Å². The Morgan fingerprint density at radius 1 is 0.694 bits per heavy atom. The molecule has 0 radical (unpaired) electrons. The lowest BCUT2D eigenvalue weighted by atomic mass is 9.67. The maximum absolute atomic E-state index is 14.6. The molecule has 4 aliphatic rings. The molecule has 0 heterocycles. The number of hydrogen-bond acceptors (Lipinski definition) is 0. The van der Waals surface area contributed by atoms with Gasteiger partial charge in [-0.05, 0) is 86.9 Å². The van der Waals surface area contributed by atoms with Crippen LogP contribution in [-0.4, -0.2) is 24.7 Å². The topological polar surface area (TPSA) is 0 Å². The Labute approximate surface area is 200 Å². The molecule has 6 unspecified atom stereocenters. The van der Waals surface area contributed by atoms with Crippen LogP contribution in [0.4, 0.5) is 52.7 Å². The van der Waals surface area contributed by atoms with Crippen LogP contribution in [0.15, 0.2) is 11.6 Å². The van der Waals surface area contributed by atoms with Crippen LogP contribution >= 0.6 is 0 Å². The zero-order chi connectivity index (χ0) is 26.9. The Kier molecular flexibility index (Phi) is 6.97. The van der Waals surface area contributed by atoms with E-state index in [0.717, 1.165) is 0 Å². The SMILES string of the molecule is FC(F)(F)/C1=C/C(C(F)(F)F)CCC(C(F)(F)F)CC(C2CC2)C(C(F)(F)F)C(C2CC23CCC3)C1. The fraction of sp³-hybridized carbons (Fsp3) is 0.917. The van der Waals surface area contributed by atoms with Crippen LogP contribution in [0, 0.1) is 46.8 Å². The monoisotopic (exact) mass is 544 g/mol. The molecule has 0 amide bonds. The second kappa shape index (κ2) is 8.99. The van der Waals surface area contributed by atoms with Gasteiger partial charge in [-0.25, -0.2) is 0 Å². The molecule has 36 heavy (non-hydrogen) atoms. The summed E-state index contributed by atoms with van der Waals surface area (Å²) in [7, 11) is 0. The molecule has 0 saturated heterocycles. The van der Waals surface area contributed by atoms with Crippen LogP contribution < -0.4 is 0 Å². The van der Waals surface area contributed by atoms with E-state index < -0.39 is 103 Å². The predicted molar refractivity (Wildman–Crippen MR) is 105 cm³/mol. The van der Waals surface area contributed by atoms with Gasteiger partial charge in [0, 0.05) is 5.57 Å². The highest BCUT2D eigenvalue weighted by molar-refractivity contribution is 5.19. The summed E-state index contributed by atoms with van der Waals surface area (Å²) in [5.74, 6) is -12.5. The van der Waals surface area contributed by atoms with Crippen molar-refractivity contribution in [3.05, 3.63) is 11.6 Å². The third kappa shape index (κ3) is 5.81. The maximum Gasteiger partial charge on any atom is 0.412 e. The van der Waals surface area contributed by atoms with Gasteiger partial charge in [-0.1, -0.05) is 12.5 Å². The first kappa shape index (κ1) is 27.9. The highest BCUT2D eigenvalue weighted by Crippen LogP contribution is 2.72. The third-order valence-electron chi connectivity index (χ3n) is 9.14. The molecule has 0 aliphatic heterocycles. The quantitative estimate of drug-likeness (QED) is 0.240. The van der Waals surface area contributed by atoms with Gasteiger partial charge in [-0.15, -0.1) is 0 Å². The van der Waals surface area contributed by atoms with E-state index >= 15 is 0 Å². The zero-order valence-corrected chi connectivity index (χ0v) is 19.2. The van der Waals surface area contributed by atoms with E-state index in [2.05, 4.69) is 0 Å². The van der Waals surface area contributed by atoms with Crippen LogP contribution in [0.3, 0.4) is 0 Å². The smallest absolute Gasteiger partial charge is 0.171 e. The largest absolute Gasteiger partial charge is 0.412 e.